The summed E-state index contributed by atoms with van der Waals surface area (Å²) >= 11 is 0. The second kappa shape index (κ2) is 10.5. The highest BCUT2D eigenvalue weighted by molar-refractivity contribution is 6.62. The number of nitrogens with one attached hydrogen (secondary N) is 1. The van der Waals surface area contributed by atoms with E-state index in [9.17, 15) is 14.6 Å². The molecule has 0 bridgehead atoms. The van der Waals surface area contributed by atoms with Crippen LogP contribution in [0.25, 0.3) is 0 Å². The molecular weight excluding hydrogens is 421 g/mol. The first kappa shape index (κ1) is 23.4. The van der Waals surface area contributed by atoms with Gasteiger partial charge < -0.3 is 24.6 Å². The van der Waals surface area contributed by atoms with Gasteiger partial charge in [-0.1, -0.05) is 30.3 Å². The molecule has 2 aliphatic rings. The van der Waals surface area contributed by atoms with Gasteiger partial charge in [-0.05, 0) is 47.8 Å². The number of benzene rings is 2. The molecule has 1 saturated heterocycles. The van der Waals surface area contributed by atoms with Gasteiger partial charge in [-0.25, -0.2) is 0 Å². The third-order valence-electron chi connectivity index (χ3n) is 6.31. The molecule has 0 radical (unpaired) electrons. The van der Waals surface area contributed by atoms with Crippen molar-refractivity contribution in [2.45, 2.75) is 26.7 Å². The van der Waals surface area contributed by atoms with Crippen molar-refractivity contribution in [1.82, 2.24) is 15.1 Å². The number of hydrogen-bond acceptors (Lipinski definition) is 7. The smallest absolute Gasteiger partial charge is 0.460 e. The first-order chi connectivity index (χ1) is 15.9. The summed E-state index contributed by atoms with van der Waals surface area (Å²) in [5, 5.41) is 12.5. The molecule has 0 saturated carbocycles. The van der Waals surface area contributed by atoms with Gasteiger partial charge in [-0.2, -0.15) is 0 Å². The zero-order valence-corrected chi connectivity index (χ0v) is 19.2. The molecular formula is C24H30BN3O5. The van der Waals surface area contributed by atoms with Gasteiger partial charge in [0.1, 0.15) is 13.2 Å². The molecule has 0 aromatic heterocycles. The van der Waals surface area contributed by atoms with Crippen molar-refractivity contribution in [1.29, 1.82) is 0 Å². The van der Waals surface area contributed by atoms with Gasteiger partial charge in [0.05, 0.1) is 6.61 Å². The number of esters is 1. The molecule has 2 aromatic rings. The minimum atomic E-state index is -1.02. The Bertz CT molecular complexity index is 1010. The van der Waals surface area contributed by atoms with Gasteiger partial charge in [0, 0.05) is 38.3 Å². The SMILES string of the molecule is Cc1c(C(=O)NCC(=O)OCc2ccc(CN3CCN(C)CC3)cc2)ccc2c1B(O)OC2. The van der Waals surface area contributed by atoms with Crippen molar-refractivity contribution in [2.75, 3.05) is 39.8 Å². The highest BCUT2D eigenvalue weighted by Crippen LogP contribution is 2.16. The van der Waals surface area contributed by atoms with E-state index in [0.29, 0.717) is 23.2 Å². The van der Waals surface area contributed by atoms with E-state index in [4.69, 9.17) is 9.39 Å². The number of likely N-dealkylation sites (N-methyl/N-ethyl adjacent to an activating group) is 1. The number of nitrogens with zero attached hydrogens (tertiary/aromatic N) is 2. The Morgan fingerprint density at radius 2 is 1.79 bits per heavy atom. The summed E-state index contributed by atoms with van der Waals surface area (Å²) in [6, 6.07) is 11.5. The predicted octanol–water partition coefficient (Wildman–Crippen LogP) is 0.433. The number of fused-ring (bicyclic) bond motifs is 1. The predicted molar refractivity (Wildman–Crippen MR) is 125 cm³/mol. The maximum atomic E-state index is 12.5. The average Bonchev–Trinajstić information content (AvgIpc) is 3.20. The van der Waals surface area contributed by atoms with Crippen LogP contribution in [-0.2, 0) is 33.9 Å². The average molecular weight is 451 g/mol. The second-order valence-electron chi connectivity index (χ2n) is 8.71. The fraction of sp³-hybridized carbons (Fsp3) is 0.417. The highest BCUT2D eigenvalue weighted by Gasteiger charge is 2.31. The number of ether oxygens (including phenoxy) is 1. The first-order valence-corrected chi connectivity index (χ1v) is 11.3. The van der Waals surface area contributed by atoms with Crippen LogP contribution >= 0.6 is 0 Å². The maximum absolute atomic E-state index is 12.5. The molecule has 0 atom stereocenters. The van der Waals surface area contributed by atoms with Gasteiger partial charge >= 0.3 is 13.1 Å². The molecule has 1 fully saturated rings. The molecule has 2 N–H and O–H groups in total. The van der Waals surface area contributed by atoms with E-state index in [-0.39, 0.29) is 19.1 Å². The fourth-order valence-electron chi connectivity index (χ4n) is 4.22. The minimum Gasteiger partial charge on any atom is -0.460 e. The topological polar surface area (TPSA) is 91.3 Å². The van der Waals surface area contributed by atoms with Gasteiger partial charge in [0.15, 0.2) is 0 Å². The number of amides is 1. The van der Waals surface area contributed by atoms with E-state index in [0.717, 1.165) is 43.9 Å². The lowest BCUT2D eigenvalue weighted by Gasteiger charge is -2.32. The van der Waals surface area contributed by atoms with Crippen LogP contribution in [0.15, 0.2) is 36.4 Å². The Kier molecular flexibility index (Phi) is 7.44. The summed E-state index contributed by atoms with van der Waals surface area (Å²) in [4.78, 5) is 29.4. The van der Waals surface area contributed by atoms with Gasteiger partial charge in [0.25, 0.3) is 5.91 Å². The van der Waals surface area contributed by atoms with E-state index in [1.54, 1.807) is 19.1 Å². The number of rotatable bonds is 7. The summed E-state index contributed by atoms with van der Waals surface area (Å²) in [6.07, 6.45) is 0. The van der Waals surface area contributed by atoms with Crippen molar-refractivity contribution >= 4 is 24.5 Å². The monoisotopic (exact) mass is 451 g/mol. The standard InChI is InChI=1S/C24H30BN3O5/c1-17-21(8-7-20-16-33-25(31)23(17)20)24(30)26-13-22(29)32-15-19-5-3-18(4-6-19)14-28-11-9-27(2)10-12-28/h3-8,31H,9-16H2,1-2H3,(H,26,30). The lowest BCUT2D eigenvalue weighted by atomic mass is 9.75. The summed E-state index contributed by atoms with van der Waals surface area (Å²) in [5.74, 6) is -0.897. The van der Waals surface area contributed by atoms with Crippen LogP contribution in [0.2, 0.25) is 0 Å². The van der Waals surface area contributed by atoms with E-state index < -0.39 is 13.1 Å². The van der Waals surface area contributed by atoms with Gasteiger partial charge in [-0.15, -0.1) is 0 Å². The van der Waals surface area contributed by atoms with Crippen molar-refractivity contribution in [2.24, 2.45) is 0 Å². The van der Waals surface area contributed by atoms with Crippen LogP contribution in [0, 0.1) is 6.92 Å². The van der Waals surface area contributed by atoms with E-state index in [1.165, 1.54) is 5.56 Å². The number of hydrogen-bond donors (Lipinski definition) is 2. The third-order valence-corrected chi connectivity index (χ3v) is 6.31. The lowest BCUT2D eigenvalue weighted by Crippen LogP contribution is -2.43. The maximum Gasteiger partial charge on any atom is 0.492 e. The zero-order chi connectivity index (χ0) is 23.4. The Labute approximate surface area is 194 Å². The van der Waals surface area contributed by atoms with Crippen molar-refractivity contribution in [3.8, 4) is 0 Å². The van der Waals surface area contributed by atoms with Gasteiger partial charge in [0.2, 0.25) is 0 Å². The quantitative estimate of drug-likeness (QED) is 0.466. The molecule has 0 aliphatic carbocycles. The summed E-state index contributed by atoms with van der Waals surface area (Å²) < 4.78 is 10.5. The van der Waals surface area contributed by atoms with Crippen LogP contribution in [0.3, 0.4) is 0 Å². The molecule has 2 aliphatic heterocycles. The highest BCUT2D eigenvalue weighted by atomic mass is 16.5. The fourth-order valence-corrected chi connectivity index (χ4v) is 4.22. The molecule has 2 heterocycles. The lowest BCUT2D eigenvalue weighted by molar-refractivity contribution is -0.143. The third kappa shape index (κ3) is 5.80. The molecule has 8 nitrogen and oxygen atoms in total. The molecule has 2 aromatic carbocycles. The minimum absolute atomic E-state index is 0.158. The van der Waals surface area contributed by atoms with Crippen LogP contribution in [-0.4, -0.2) is 73.6 Å². The van der Waals surface area contributed by atoms with Crippen molar-refractivity contribution in [3.63, 3.8) is 0 Å². The van der Waals surface area contributed by atoms with Crippen LogP contribution in [0.4, 0.5) is 0 Å². The molecule has 9 heteroatoms. The molecule has 174 valence electrons. The van der Waals surface area contributed by atoms with Crippen LogP contribution < -0.4 is 10.8 Å². The van der Waals surface area contributed by atoms with E-state index >= 15 is 0 Å². The number of piperazine rings is 1. The summed E-state index contributed by atoms with van der Waals surface area (Å²) in [7, 11) is 1.12. The zero-order valence-electron chi connectivity index (χ0n) is 19.2. The van der Waals surface area contributed by atoms with E-state index in [2.05, 4.69) is 34.3 Å². The van der Waals surface area contributed by atoms with Crippen LogP contribution in [0.1, 0.15) is 32.6 Å². The van der Waals surface area contributed by atoms with Crippen LogP contribution in [0.5, 0.6) is 0 Å². The van der Waals surface area contributed by atoms with E-state index in [1.807, 2.05) is 12.1 Å². The number of carbonyl (C=O) groups excluding carboxylic acids is 2. The normalized spacial score (nSPS) is 16.5. The summed E-state index contributed by atoms with van der Waals surface area (Å²) in [5.41, 5.74) is 4.69. The Morgan fingerprint density at radius 1 is 1.09 bits per heavy atom. The Balaban J connectivity index is 1.22. The molecule has 0 unspecified atom stereocenters. The Morgan fingerprint density at radius 3 is 2.52 bits per heavy atom. The molecule has 0 spiro atoms. The Hall–Kier alpha value is -2.72. The summed E-state index contributed by atoms with van der Waals surface area (Å²) in [6.45, 7) is 7.26. The number of carbonyl (C=O) groups is 2. The van der Waals surface area contributed by atoms with Crippen molar-refractivity contribution in [3.05, 3.63) is 64.2 Å². The molecule has 4 rings (SSSR count). The van der Waals surface area contributed by atoms with Crippen molar-refractivity contribution < 1.29 is 24.0 Å². The van der Waals surface area contributed by atoms with Gasteiger partial charge in [-0.3, -0.25) is 14.5 Å². The second-order valence-corrected chi connectivity index (χ2v) is 8.71. The largest absolute Gasteiger partial charge is 0.492 e. The molecule has 1 amide bonds. The molecule has 33 heavy (non-hydrogen) atoms. The first-order valence-electron chi connectivity index (χ1n) is 11.3.